The van der Waals surface area contributed by atoms with Crippen LogP contribution in [0.4, 0.5) is 11.4 Å². The Bertz CT molecular complexity index is 637. The first-order valence-electron chi connectivity index (χ1n) is 6.93. The molecule has 1 heterocycles. The summed E-state index contributed by atoms with van der Waals surface area (Å²) in [7, 11) is 0. The Hall–Kier alpha value is -2.62. The van der Waals surface area contributed by atoms with Crippen LogP contribution in [0.3, 0.4) is 0 Å². The van der Waals surface area contributed by atoms with Gasteiger partial charge in [0.05, 0.1) is 11.3 Å². The second kappa shape index (κ2) is 7.24. The van der Waals surface area contributed by atoms with Crippen molar-refractivity contribution in [3.8, 4) is 0 Å². The van der Waals surface area contributed by atoms with Gasteiger partial charge in [-0.25, -0.2) is 0 Å². The maximum Gasteiger partial charge on any atom is 0.257 e. The number of nitrogens with one attached hydrogen (secondary N) is 2. The first-order valence-corrected chi connectivity index (χ1v) is 6.93. The fourth-order valence-corrected chi connectivity index (χ4v) is 2.00. The molecule has 1 amide bonds. The minimum Gasteiger partial charge on any atom is -0.380 e. The zero-order chi connectivity index (χ0) is 15.1. The molecule has 0 aliphatic carbocycles. The van der Waals surface area contributed by atoms with Crippen LogP contribution in [-0.4, -0.2) is 17.4 Å². The van der Waals surface area contributed by atoms with Crippen LogP contribution in [0.2, 0.25) is 0 Å². The maximum absolute atomic E-state index is 12.3. The molecule has 2 aromatic rings. The van der Waals surface area contributed by atoms with Crippen LogP contribution in [-0.2, 0) is 6.42 Å². The molecule has 0 saturated heterocycles. The molecule has 4 heteroatoms. The molecule has 108 valence electrons. The van der Waals surface area contributed by atoms with Gasteiger partial charge in [-0.05, 0) is 24.1 Å². The highest BCUT2D eigenvalue weighted by Crippen LogP contribution is 2.17. The van der Waals surface area contributed by atoms with Gasteiger partial charge in [0.15, 0.2) is 0 Å². The summed E-state index contributed by atoms with van der Waals surface area (Å²) in [6.45, 7) is 6.34. The Morgan fingerprint density at radius 2 is 2.14 bits per heavy atom. The SMILES string of the molecule is C=CCNc1cncc(C(=O)Nc2ccccc2CC)c1. The second-order valence-corrected chi connectivity index (χ2v) is 4.60. The first-order chi connectivity index (χ1) is 10.2. The zero-order valence-corrected chi connectivity index (χ0v) is 12.1. The summed E-state index contributed by atoms with van der Waals surface area (Å²) >= 11 is 0. The average molecular weight is 281 g/mol. The Morgan fingerprint density at radius 3 is 2.90 bits per heavy atom. The molecule has 4 nitrogen and oxygen atoms in total. The Morgan fingerprint density at radius 1 is 1.33 bits per heavy atom. The lowest BCUT2D eigenvalue weighted by Gasteiger charge is -2.10. The van der Waals surface area contributed by atoms with Gasteiger partial charge < -0.3 is 10.6 Å². The average Bonchev–Trinajstić information content (AvgIpc) is 2.53. The molecular formula is C17H19N3O. The number of rotatable bonds is 6. The van der Waals surface area contributed by atoms with Crippen molar-refractivity contribution < 1.29 is 4.79 Å². The van der Waals surface area contributed by atoms with Gasteiger partial charge in [0.1, 0.15) is 0 Å². The Kier molecular flexibility index (Phi) is 5.10. The van der Waals surface area contributed by atoms with E-state index in [-0.39, 0.29) is 5.91 Å². The fraction of sp³-hybridized carbons (Fsp3) is 0.176. The smallest absolute Gasteiger partial charge is 0.257 e. The number of pyridine rings is 1. The predicted octanol–water partition coefficient (Wildman–Crippen LogP) is 3.49. The second-order valence-electron chi connectivity index (χ2n) is 4.60. The van der Waals surface area contributed by atoms with Gasteiger partial charge in [-0.3, -0.25) is 9.78 Å². The number of carbonyl (C=O) groups excluding carboxylic acids is 1. The van der Waals surface area contributed by atoms with E-state index >= 15 is 0 Å². The normalized spacial score (nSPS) is 9.95. The van der Waals surface area contributed by atoms with E-state index in [9.17, 15) is 4.79 Å². The number of carbonyl (C=O) groups is 1. The van der Waals surface area contributed by atoms with Crippen molar-refractivity contribution in [2.75, 3.05) is 17.2 Å². The van der Waals surface area contributed by atoms with Crippen LogP contribution in [0.1, 0.15) is 22.8 Å². The van der Waals surface area contributed by atoms with Crippen LogP contribution in [0, 0.1) is 0 Å². The van der Waals surface area contributed by atoms with Gasteiger partial charge in [-0.1, -0.05) is 31.2 Å². The van der Waals surface area contributed by atoms with E-state index in [2.05, 4.69) is 29.1 Å². The molecular weight excluding hydrogens is 262 g/mol. The van der Waals surface area contributed by atoms with Crippen molar-refractivity contribution in [1.29, 1.82) is 0 Å². The summed E-state index contributed by atoms with van der Waals surface area (Å²) in [6, 6.07) is 9.57. The molecule has 2 rings (SSSR count). The highest BCUT2D eigenvalue weighted by Gasteiger charge is 2.09. The van der Waals surface area contributed by atoms with E-state index in [4.69, 9.17) is 0 Å². The monoisotopic (exact) mass is 281 g/mol. The van der Waals surface area contributed by atoms with E-state index in [1.54, 1.807) is 24.5 Å². The van der Waals surface area contributed by atoms with Crippen molar-refractivity contribution >= 4 is 17.3 Å². The number of hydrogen-bond acceptors (Lipinski definition) is 3. The van der Waals surface area contributed by atoms with Gasteiger partial charge in [0, 0.05) is 24.6 Å². The van der Waals surface area contributed by atoms with Crippen molar-refractivity contribution in [2.45, 2.75) is 13.3 Å². The number of nitrogens with zero attached hydrogens (tertiary/aromatic N) is 1. The number of para-hydroxylation sites is 1. The molecule has 0 aliphatic heterocycles. The van der Waals surface area contributed by atoms with Crippen molar-refractivity contribution in [3.63, 3.8) is 0 Å². The quantitative estimate of drug-likeness (QED) is 0.797. The molecule has 0 saturated carbocycles. The van der Waals surface area contributed by atoms with Crippen molar-refractivity contribution in [1.82, 2.24) is 4.98 Å². The molecule has 2 N–H and O–H groups in total. The van der Waals surface area contributed by atoms with Crippen molar-refractivity contribution in [3.05, 3.63) is 66.5 Å². The minimum absolute atomic E-state index is 0.161. The standard InChI is InChI=1S/C17H19N3O/c1-3-9-19-15-10-14(11-18-12-15)17(21)20-16-8-6-5-7-13(16)4-2/h3,5-8,10-12,19H,1,4,9H2,2H3,(H,20,21). The van der Waals surface area contributed by atoms with Crippen LogP contribution >= 0.6 is 0 Å². The molecule has 0 radical (unpaired) electrons. The van der Waals surface area contributed by atoms with E-state index in [1.807, 2.05) is 24.3 Å². The van der Waals surface area contributed by atoms with Crippen LogP contribution in [0.25, 0.3) is 0 Å². The molecule has 0 fully saturated rings. The molecule has 1 aromatic heterocycles. The third kappa shape index (κ3) is 3.92. The highest BCUT2D eigenvalue weighted by atomic mass is 16.1. The van der Waals surface area contributed by atoms with Gasteiger partial charge in [0.2, 0.25) is 0 Å². The summed E-state index contributed by atoms with van der Waals surface area (Å²) in [5.74, 6) is -0.161. The molecule has 0 bridgehead atoms. The maximum atomic E-state index is 12.3. The van der Waals surface area contributed by atoms with Gasteiger partial charge in [-0.15, -0.1) is 6.58 Å². The van der Waals surface area contributed by atoms with Gasteiger partial charge >= 0.3 is 0 Å². The minimum atomic E-state index is -0.161. The van der Waals surface area contributed by atoms with E-state index < -0.39 is 0 Å². The van der Waals surface area contributed by atoms with E-state index in [0.29, 0.717) is 12.1 Å². The summed E-state index contributed by atoms with van der Waals surface area (Å²) in [5.41, 5.74) is 3.27. The van der Waals surface area contributed by atoms with Crippen molar-refractivity contribution in [2.24, 2.45) is 0 Å². The number of benzene rings is 1. The molecule has 0 spiro atoms. The lowest BCUT2D eigenvalue weighted by molar-refractivity contribution is 0.102. The lowest BCUT2D eigenvalue weighted by atomic mass is 10.1. The predicted molar refractivity (Wildman–Crippen MR) is 86.7 cm³/mol. The largest absolute Gasteiger partial charge is 0.380 e. The third-order valence-electron chi connectivity index (χ3n) is 3.10. The molecule has 0 atom stereocenters. The fourth-order valence-electron chi connectivity index (χ4n) is 2.00. The number of anilines is 2. The van der Waals surface area contributed by atoms with Gasteiger partial charge in [-0.2, -0.15) is 0 Å². The van der Waals surface area contributed by atoms with E-state index in [0.717, 1.165) is 23.4 Å². The lowest BCUT2D eigenvalue weighted by Crippen LogP contribution is -2.14. The summed E-state index contributed by atoms with van der Waals surface area (Å²) < 4.78 is 0. The Balaban J connectivity index is 2.14. The third-order valence-corrected chi connectivity index (χ3v) is 3.10. The molecule has 0 unspecified atom stereocenters. The highest BCUT2D eigenvalue weighted by molar-refractivity contribution is 6.04. The summed E-state index contributed by atoms with van der Waals surface area (Å²) in [5, 5.41) is 6.05. The summed E-state index contributed by atoms with van der Waals surface area (Å²) in [4.78, 5) is 16.4. The number of amides is 1. The summed E-state index contributed by atoms with van der Waals surface area (Å²) in [6.07, 6.45) is 5.86. The van der Waals surface area contributed by atoms with Crippen LogP contribution in [0.5, 0.6) is 0 Å². The number of aryl methyl sites for hydroxylation is 1. The number of hydrogen-bond donors (Lipinski definition) is 2. The first kappa shape index (κ1) is 14.8. The van der Waals surface area contributed by atoms with E-state index in [1.165, 1.54) is 0 Å². The van der Waals surface area contributed by atoms with Gasteiger partial charge in [0.25, 0.3) is 5.91 Å². The topological polar surface area (TPSA) is 54.0 Å². The molecule has 1 aromatic carbocycles. The Labute approximate surface area is 124 Å². The zero-order valence-electron chi connectivity index (χ0n) is 12.1. The molecule has 0 aliphatic rings. The van der Waals surface area contributed by atoms with Crippen LogP contribution in [0.15, 0.2) is 55.4 Å². The number of aromatic nitrogens is 1. The van der Waals surface area contributed by atoms with Crippen LogP contribution < -0.4 is 10.6 Å². The molecule has 21 heavy (non-hydrogen) atoms.